The molecule has 0 aliphatic carbocycles. The molecule has 0 N–H and O–H groups in total. The van der Waals surface area contributed by atoms with Crippen LogP contribution in [0.25, 0.3) is 10.2 Å². The Hall–Kier alpha value is -1.94. The second kappa shape index (κ2) is 7.23. The number of thiazole rings is 1. The van der Waals surface area contributed by atoms with E-state index in [0.29, 0.717) is 21.8 Å². The lowest BCUT2D eigenvalue weighted by Crippen LogP contribution is -2.16. The summed E-state index contributed by atoms with van der Waals surface area (Å²) < 4.78 is 55.1. The van der Waals surface area contributed by atoms with Crippen LogP contribution in [0.15, 0.2) is 69.3 Å². The predicted octanol–water partition coefficient (Wildman–Crippen LogP) is 3.24. The van der Waals surface area contributed by atoms with Crippen LogP contribution in [0, 0.1) is 0 Å². The van der Waals surface area contributed by atoms with E-state index in [0.717, 1.165) is 17.6 Å². The van der Waals surface area contributed by atoms with Crippen LogP contribution in [0.1, 0.15) is 0 Å². The second-order valence-corrected chi connectivity index (χ2v) is 10.8. The number of fused-ring (bicyclic) bond motifs is 1. The van der Waals surface area contributed by atoms with E-state index in [1.807, 2.05) is 0 Å². The Bertz CT molecular complexity index is 1300. The Labute approximate surface area is 166 Å². The summed E-state index contributed by atoms with van der Waals surface area (Å²) in [5.41, 5.74) is 0.678. The molecule has 142 valence electrons. The first kappa shape index (κ1) is 19.8. The molecule has 0 spiro atoms. The number of halogens is 1. The van der Waals surface area contributed by atoms with Gasteiger partial charge < -0.3 is 4.57 Å². The molecule has 3 rings (SSSR count). The molecule has 0 aliphatic rings. The highest BCUT2D eigenvalue weighted by Gasteiger charge is 2.16. The van der Waals surface area contributed by atoms with Gasteiger partial charge in [-0.1, -0.05) is 29.0 Å². The molecule has 0 saturated heterocycles. The van der Waals surface area contributed by atoms with Crippen LogP contribution < -0.4 is 4.80 Å². The van der Waals surface area contributed by atoms with Gasteiger partial charge in [0.15, 0.2) is 9.84 Å². The maximum Gasteiger partial charge on any atom is 0.285 e. The smallest absolute Gasteiger partial charge is 0.285 e. The molecule has 0 atom stereocenters. The molecule has 0 radical (unpaired) electrons. The predicted molar refractivity (Wildman–Crippen MR) is 107 cm³/mol. The SMILES string of the molecule is C=CCn1c(=NS(=O)(=O)c2ccc(Cl)cc2)sc2cc(S(C)(=O)=O)ccc21. The Morgan fingerprint density at radius 3 is 2.33 bits per heavy atom. The third-order valence-corrected chi connectivity index (χ3v) is 7.50. The zero-order chi connectivity index (χ0) is 19.8. The first-order valence-electron chi connectivity index (χ1n) is 7.63. The molecule has 0 fully saturated rings. The Balaban J connectivity index is 2.26. The molecular weight excluding hydrogens is 428 g/mol. The van der Waals surface area contributed by atoms with Gasteiger partial charge >= 0.3 is 0 Å². The minimum atomic E-state index is -3.95. The van der Waals surface area contributed by atoms with Gasteiger partial charge in [0.2, 0.25) is 4.80 Å². The largest absolute Gasteiger partial charge is 0.312 e. The summed E-state index contributed by atoms with van der Waals surface area (Å²) in [7, 11) is -7.33. The van der Waals surface area contributed by atoms with Gasteiger partial charge in [-0.05, 0) is 42.5 Å². The Kier molecular flexibility index (Phi) is 5.31. The molecule has 10 heteroatoms. The molecule has 6 nitrogen and oxygen atoms in total. The molecule has 0 bridgehead atoms. The molecule has 2 aromatic carbocycles. The topological polar surface area (TPSA) is 85.6 Å². The van der Waals surface area contributed by atoms with Crippen LogP contribution in [0.4, 0.5) is 0 Å². The molecule has 1 heterocycles. The lowest BCUT2D eigenvalue weighted by atomic mass is 10.3. The van der Waals surface area contributed by atoms with E-state index in [4.69, 9.17) is 11.6 Å². The van der Waals surface area contributed by atoms with Gasteiger partial charge in [0.05, 0.1) is 20.0 Å². The van der Waals surface area contributed by atoms with Crippen LogP contribution >= 0.6 is 22.9 Å². The highest BCUT2D eigenvalue weighted by atomic mass is 35.5. The fourth-order valence-electron chi connectivity index (χ4n) is 2.42. The van der Waals surface area contributed by atoms with Crippen molar-refractivity contribution in [3.05, 3.63) is 64.9 Å². The standard InChI is InChI=1S/C17H15ClN2O4S3/c1-3-10-20-15-9-8-14(26(2,21)22)11-16(15)25-17(20)19-27(23,24)13-6-4-12(18)5-7-13/h3-9,11H,1,10H2,2H3. The van der Waals surface area contributed by atoms with Crippen molar-refractivity contribution in [1.29, 1.82) is 0 Å². The number of sulfonamides is 1. The molecule has 27 heavy (non-hydrogen) atoms. The van der Waals surface area contributed by atoms with E-state index >= 15 is 0 Å². The number of hydrogen-bond donors (Lipinski definition) is 0. The van der Waals surface area contributed by atoms with Crippen LogP contribution in [-0.4, -0.2) is 27.7 Å². The minimum absolute atomic E-state index is 0.0198. The normalized spacial score (nSPS) is 13.2. The highest BCUT2D eigenvalue weighted by Crippen LogP contribution is 2.23. The van der Waals surface area contributed by atoms with E-state index in [1.54, 1.807) is 16.7 Å². The van der Waals surface area contributed by atoms with Crippen LogP contribution in [0.3, 0.4) is 0 Å². The van der Waals surface area contributed by atoms with Gasteiger partial charge in [0, 0.05) is 17.8 Å². The van der Waals surface area contributed by atoms with Crippen LogP contribution in [0.2, 0.25) is 5.02 Å². The van der Waals surface area contributed by atoms with E-state index in [9.17, 15) is 16.8 Å². The number of hydrogen-bond acceptors (Lipinski definition) is 5. The average Bonchev–Trinajstić information content (AvgIpc) is 2.91. The minimum Gasteiger partial charge on any atom is -0.312 e. The molecule has 3 aromatic rings. The lowest BCUT2D eigenvalue weighted by molar-refractivity contribution is 0.595. The molecule has 0 saturated carbocycles. The maximum atomic E-state index is 12.6. The zero-order valence-electron chi connectivity index (χ0n) is 14.2. The summed E-state index contributed by atoms with van der Waals surface area (Å²) in [5.74, 6) is 0. The highest BCUT2D eigenvalue weighted by molar-refractivity contribution is 7.90. The summed E-state index contributed by atoms with van der Waals surface area (Å²) in [6, 6.07) is 10.4. The number of sulfone groups is 1. The van der Waals surface area contributed by atoms with Gasteiger partial charge in [-0.25, -0.2) is 8.42 Å². The van der Waals surface area contributed by atoms with Gasteiger partial charge in [-0.15, -0.1) is 11.0 Å². The number of benzene rings is 2. The van der Waals surface area contributed by atoms with Gasteiger partial charge in [-0.2, -0.15) is 8.42 Å². The third-order valence-electron chi connectivity index (χ3n) is 3.70. The third kappa shape index (κ3) is 4.16. The van der Waals surface area contributed by atoms with Crippen LogP contribution in [-0.2, 0) is 26.4 Å². The molecule has 0 amide bonds. The monoisotopic (exact) mass is 442 g/mol. The van der Waals surface area contributed by atoms with Crippen molar-refractivity contribution in [3.8, 4) is 0 Å². The number of rotatable bonds is 5. The fourth-order valence-corrected chi connectivity index (χ4v) is 5.55. The van der Waals surface area contributed by atoms with E-state index < -0.39 is 19.9 Å². The Morgan fingerprint density at radius 1 is 1.11 bits per heavy atom. The van der Waals surface area contributed by atoms with Crippen molar-refractivity contribution in [2.24, 2.45) is 4.40 Å². The van der Waals surface area contributed by atoms with E-state index in [-0.39, 0.29) is 14.6 Å². The summed E-state index contributed by atoms with van der Waals surface area (Å²) in [4.78, 5) is 0.408. The second-order valence-electron chi connectivity index (χ2n) is 5.71. The van der Waals surface area contributed by atoms with Crippen molar-refractivity contribution >= 4 is 53.0 Å². The number of allylic oxidation sites excluding steroid dienone is 1. The van der Waals surface area contributed by atoms with Crippen molar-refractivity contribution in [2.75, 3.05) is 6.26 Å². The van der Waals surface area contributed by atoms with E-state index in [2.05, 4.69) is 11.0 Å². The van der Waals surface area contributed by atoms with Crippen molar-refractivity contribution in [1.82, 2.24) is 4.57 Å². The quantitative estimate of drug-likeness (QED) is 0.567. The van der Waals surface area contributed by atoms with Crippen molar-refractivity contribution < 1.29 is 16.8 Å². The zero-order valence-corrected chi connectivity index (χ0v) is 17.4. The average molecular weight is 443 g/mol. The maximum absolute atomic E-state index is 12.6. The first-order chi connectivity index (χ1) is 12.6. The number of nitrogens with zero attached hydrogens (tertiary/aromatic N) is 2. The van der Waals surface area contributed by atoms with Gasteiger partial charge in [0.1, 0.15) is 0 Å². The molecule has 0 aliphatic heterocycles. The van der Waals surface area contributed by atoms with E-state index in [1.165, 1.54) is 36.4 Å². The summed E-state index contributed by atoms with van der Waals surface area (Å²) in [5, 5.41) is 0.422. The van der Waals surface area contributed by atoms with Gasteiger partial charge in [-0.3, -0.25) is 0 Å². The number of aromatic nitrogens is 1. The molecular formula is C17H15ClN2O4S3. The summed E-state index contributed by atoms with van der Waals surface area (Å²) >= 11 is 6.90. The van der Waals surface area contributed by atoms with Gasteiger partial charge in [0.25, 0.3) is 10.0 Å². The van der Waals surface area contributed by atoms with Crippen LogP contribution in [0.5, 0.6) is 0 Å². The lowest BCUT2D eigenvalue weighted by Gasteiger charge is -2.03. The Morgan fingerprint density at radius 2 is 1.74 bits per heavy atom. The van der Waals surface area contributed by atoms with Crippen molar-refractivity contribution in [3.63, 3.8) is 0 Å². The summed E-state index contributed by atoms with van der Waals surface area (Å²) in [6.07, 6.45) is 2.74. The summed E-state index contributed by atoms with van der Waals surface area (Å²) in [6.45, 7) is 4.01. The fraction of sp³-hybridized carbons (Fsp3) is 0.118. The molecule has 1 aromatic heterocycles. The van der Waals surface area contributed by atoms with Crippen molar-refractivity contribution in [2.45, 2.75) is 16.3 Å². The molecule has 0 unspecified atom stereocenters. The first-order valence-corrected chi connectivity index (χ1v) is 12.2.